The molecular weight excluding hydrogens is 905 g/mol. The minimum Gasteiger partial charge on any atom is -0.465 e. The normalized spacial score (nSPS) is 21.9. The van der Waals surface area contributed by atoms with Gasteiger partial charge in [0.15, 0.2) is 23.3 Å². The van der Waals surface area contributed by atoms with E-state index in [2.05, 4.69) is 75.9 Å². The summed E-state index contributed by atoms with van der Waals surface area (Å²) >= 11 is 12.1. The summed E-state index contributed by atoms with van der Waals surface area (Å²) in [5.74, 6) is -2.40. The summed E-state index contributed by atoms with van der Waals surface area (Å²) in [6, 6.07) is 0.486. The van der Waals surface area contributed by atoms with Crippen molar-refractivity contribution in [3.8, 4) is 0 Å². The van der Waals surface area contributed by atoms with E-state index in [0.717, 1.165) is 51.4 Å². The molecule has 0 unspecified atom stereocenters. The number of halogens is 4. The molecule has 2 aliphatic carbocycles. The van der Waals surface area contributed by atoms with E-state index in [-0.39, 0.29) is 59.0 Å². The summed E-state index contributed by atoms with van der Waals surface area (Å²) in [6.45, 7) is 6.57. The molecule has 0 spiro atoms. The van der Waals surface area contributed by atoms with E-state index < -0.39 is 47.5 Å². The van der Waals surface area contributed by atoms with E-state index in [4.69, 9.17) is 33.4 Å². The number of hydrogen-bond acceptors (Lipinski definition) is 14. The molecule has 24 heteroatoms. The number of carbonyl (C=O) groups is 4. The highest BCUT2D eigenvalue weighted by Crippen LogP contribution is 2.34. The first-order chi connectivity index (χ1) is 31.3. The van der Waals surface area contributed by atoms with Gasteiger partial charge in [-0.15, -0.1) is 0 Å². The lowest BCUT2D eigenvalue weighted by molar-refractivity contribution is -0.125. The van der Waals surface area contributed by atoms with Crippen molar-refractivity contribution in [1.82, 2.24) is 51.2 Å². The molecule has 6 atom stereocenters. The maximum absolute atomic E-state index is 15.2. The Balaban J connectivity index is 0.000000247. The Kier molecular flexibility index (Phi) is 19.2. The number of aromatic nitrogens is 4. The smallest absolute Gasteiger partial charge is 0.404 e. The van der Waals surface area contributed by atoms with Gasteiger partial charge in [0.05, 0.1) is 11.8 Å². The Labute approximate surface area is 394 Å². The topological polar surface area (TPSA) is 245 Å². The van der Waals surface area contributed by atoms with Crippen molar-refractivity contribution in [3.05, 3.63) is 22.2 Å². The Morgan fingerprint density at radius 2 is 0.985 bits per heavy atom. The minimum absolute atomic E-state index is 0.0187. The van der Waals surface area contributed by atoms with Gasteiger partial charge in [0.1, 0.15) is 0 Å². The van der Waals surface area contributed by atoms with Crippen LogP contribution in [0.25, 0.3) is 0 Å². The highest BCUT2D eigenvalue weighted by molar-refractivity contribution is 6.28. The van der Waals surface area contributed by atoms with Crippen molar-refractivity contribution in [2.75, 3.05) is 88.1 Å². The molecule has 6 rings (SSSR count). The van der Waals surface area contributed by atoms with Crippen LogP contribution in [0.2, 0.25) is 10.6 Å². The molecule has 4 fully saturated rings. The van der Waals surface area contributed by atoms with Crippen LogP contribution in [0.1, 0.15) is 78.1 Å². The number of nitrogens with one attached hydrogen (secondary N) is 6. The van der Waals surface area contributed by atoms with Crippen LogP contribution >= 0.6 is 23.2 Å². The van der Waals surface area contributed by atoms with E-state index in [1.165, 1.54) is 0 Å². The lowest BCUT2D eigenvalue weighted by Gasteiger charge is -2.23. The quantitative estimate of drug-likeness (QED) is 0.0714. The standard InChI is InChI=1S/2C21H33ClFN7O3/c2*1-12-10-30(11-15(12)29(2)3)18-16(23)17(25-20(22)26-18)27-28-19(31)14(9-24-21(32)33)8-13-6-4-5-7-13/h2*12-15,24H,4-11H2,1-3H3,(H,28,31)(H,32,33)(H,25,26,27)/t2*12-,14+,15-/m00/s1. The molecule has 2 saturated heterocycles. The predicted octanol–water partition coefficient (Wildman–Crippen LogP) is 5.13. The molecule has 368 valence electrons. The molecule has 0 bridgehead atoms. The van der Waals surface area contributed by atoms with Gasteiger partial charge in [-0.2, -0.15) is 28.7 Å². The van der Waals surface area contributed by atoms with Crippen molar-refractivity contribution in [2.24, 2.45) is 35.5 Å². The van der Waals surface area contributed by atoms with Gasteiger partial charge >= 0.3 is 12.2 Å². The summed E-state index contributed by atoms with van der Waals surface area (Å²) in [7, 11) is 7.94. The fourth-order valence-electron chi connectivity index (χ4n) is 9.72. The molecule has 4 aliphatic rings. The number of likely N-dealkylation sites (N-methyl/N-ethyl adjacent to an activating group) is 2. The molecule has 4 heterocycles. The Morgan fingerprint density at radius 1 is 0.636 bits per heavy atom. The van der Waals surface area contributed by atoms with Gasteiger partial charge in [-0.05, 0) is 87.9 Å². The van der Waals surface area contributed by atoms with Gasteiger partial charge in [0.2, 0.25) is 34.0 Å². The van der Waals surface area contributed by atoms with E-state index >= 15 is 8.78 Å². The van der Waals surface area contributed by atoms with Gasteiger partial charge in [-0.25, -0.2) is 9.59 Å². The average Bonchev–Trinajstić information content (AvgIpc) is 4.10. The van der Waals surface area contributed by atoms with E-state index in [1.54, 1.807) is 0 Å². The lowest BCUT2D eigenvalue weighted by Crippen LogP contribution is -2.42. The van der Waals surface area contributed by atoms with Crippen LogP contribution in [0.4, 0.5) is 41.6 Å². The number of hydrazine groups is 2. The van der Waals surface area contributed by atoms with Gasteiger partial charge in [-0.1, -0.05) is 65.2 Å². The second-order valence-electron chi connectivity index (χ2n) is 18.6. The number of hydrogen-bond donors (Lipinski definition) is 8. The number of rotatable bonds is 18. The predicted molar refractivity (Wildman–Crippen MR) is 247 cm³/mol. The summed E-state index contributed by atoms with van der Waals surface area (Å²) in [5.41, 5.74) is 10.0. The van der Waals surface area contributed by atoms with E-state index in [0.29, 0.717) is 62.7 Å². The number of nitrogens with zero attached hydrogens (tertiary/aromatic N) is 8. The first-order valence-electron chi connectivity index (χ1n) is 22.6. The molecule has 66 heavy (non-hydrogen) atoms. The van der Waals surface area contributed by atoms with Crippen LogP contribution in [0.3, 0.4) is 0 Å². The first kappa shape index (κ1) is 52.2. The molecule has 20 nitrogen and oxygen atoms in total. The van der Waals surface area contributed by atoms with Crippen LogP contribution in [0, 0.1) is 47.1 Å². The minimum atomic E-state index is -1.19. The lowest BCUT2D eigenvalue weighted by atomic mass is 9.92. The number of anilines is 4. The maximum Gasteiger partial charge on any atom is 0.404 e. The molecule has 0 radical (unpaired) electrons. The largest absolute Gasteiger partial charge is 0.465 e. The fraction of sp³-hybridized carbons (Fsp3) is 0.714. The maximum atomic E-state index is 15.2. The Morgan fingerprint density at radius 3 is 1.29 bits per heavy atom. The molecule has 2 aromatic heterocycles. The second kappa shape index (κ2) is 24.3. The van der Waals surface area contributed by atoms with Crippen molar-refractivity contribution in [3.63, 3.8) is 0 Å². The average molecular weight is 972 g/mol. The highest BCUT2D eigenvalue weighted by atomic mass is 35.5. The first-order valence-corrected chi connectivity index (χ1v) is 23.4. The number of carboxylic acid groups (broad SMARTS) is 2. The number of carbonyl (C=O) groups excluding carboxylic acids is 2. The summed E-state index contributed by atoms with van der Waals surface area (Å²) in [6.07, 6.45) is 7.26. The fourth-order valence-corrected chi connectivity index (χ4v) is 10.1. The molecule has 2 aromatic rings. The van der Waals surface area contributed by atoms with E-state index in [9.17, 15) is 19.2 Å². The van der Waals surface area contributed by atoms with Crippen molar-refractivity contribution in [1.29, 1.82) is 0 Å². The van der Waals surface area contributed by atoms with Crippen LogP contribution in [0.15, 0.2) is 0 Å². The van der Waals surface area contributed by atoms with Crippen LogP contribution in [0.5, 0.6) is 0 Å². The molecule has 4 amide bonds. The third-order valence-corrected chi connectivity index (χ3v) is 13.6. The molecular formula is C42H66Cl2F2N14O6. The summed E-state index contributed by atoms with van der Waals surface area (Å²) in [4.78, 5) is 71.2. The summed E-state index contributed by atoms with van der Waals surface area (Å²) in [5, 5.41) is 22.2. The molecule has 0 aromatic carbocycles. The monoisotopic (exact) mass is 970 g/mol. The van der Waals surface area contributed by atoms with Gasteiger partial charge in [0, 0.05) is 51.4 Å². The van der Waals surface area contributed by atoms with Gasteiger partial charge in [-0.3, -0.25) is 31.3 Å². The Hall–Kier alpha value is -4.80. The zero-order valence-electron chi connectivity index (χ0n) is 38.5. The number of amides is 4. The molecule has 2 saturated carbocycles. The molecule has 8 N–H and O–H groups in total. The zero-order chi connectivity index (χ0) is 48.2. The Bertz CT molecular complexity index is 1840. The second-order valence-corrected chi connectivity index (χ2v) is 19.2. The van der Waals surface area contributed by atoms with Gasteiger partial charge in [0.25, 0.3) is 0 Å². The highest BCUT2D eigenvalue weighted by Gasteiger charge is 2.36. The van der Waals surface area contributed by atoms with Crippen molar-refractivity contribution < 1.29 is 38.2 Å². The van der Waals surface area contributed by atoms with Crippen LogP contribution < -0.4 is 42.1 Å². The van der Waals surface area contributed by atoms with Gasteiger partial charge < -0.3 is 40.4 Å². The van der Waals surface area contributed by atoms with Crippen molar-refractivity contribution >= 4 is 70.5 Å². The van der Waals surface area contributed by atoms with Crippen molar-refractivity contribution in [2.45, 2.75) is 90.1 Å². The van der Waals surface area contributed by atoms with Crippen LogP contribution in [-0.2, 0) is 9.59 Å². The van der Waals surface area contributed by atoms with E-state index in [1.807, 2.05) is 38.0 Å². The third kappa shape index (κ3) is 14.6. The SMILES string of the molecule is C[C@H]1CN(c2nc(Cl)nc(NNC(=O)[C@@H](CNC(=O)O)CC3CCCC3)c2F)C[C@@H]1N(C)C.C[C@H]1CN(c2nc(Cl)nc(NNC(=O)[C@@H](CNC(=O)O)CC3CCCC3)c2F)C[C@@H]1N(C)C. The zero-order valence-corrected chi connectivity index (χ0v) is 40.1. The third-order valence-electron chi connectivity index (χ3n) is 13.2. The van der Waals surface area contributed by atoms with Crippen LogP contribution in [-0.4, -0.2) is 143 Å². The molecule has 2 aliphatic heterocycles. The summed E-state index contributed by atoms with van der Waals surface area (Å²) < 4.78 is 30.5.